The average Bonchev–Trinajstić information content (AvgIpc) is 2.70. The zero-order valence-corrected chi connectivity index (χ0v) is 11.3. The van der Waals surface area contributed by atoms with E-state index in [2.05, 4.69) is 11.8 Å². The van der Waals surface area contributed by atoms with Crippen molar-refractivity contribution in [2.24, 2.45) is 17.1 Å². The van der Waals surface area contributed by atoms with Crippen LogP contribution in [0.2, 0.25) is 0 Å². The molecule has 2 N–H and O–H groups in total. The van der Waals surface area contributed by atoms with Crippen molar-refractivity contribution < 1.29 is 4.74 Å². The molecule has 0 aromatic rings. The molecule has 2 atom stereocenters. The molecule has 0 bridgehead atoms. The van der Waals surface area contributed by atoms with Gasteiger partial charge in [-0.1, -0.05) is 13.3 Å². The summed E-state index contributed by atoms with van der Waals surface area (Å²) < 4.78 is 5.56. The second-order valence-corrected chi connectivity index (χ2v) is 5.99. The minimum Gasteiger partial charge on any atom is -0.381 e. The number of hydrogen-bond acceptors (Lipinski definition) is 3. The fourth-order valence-corrected chi connectivity index (χ4v) is 3.27. The molecular weight excluding hydrogens is 212 g/mol. The molecule has 3 heteroatoms. The van der Waals surface area contributed by atoms with E-state index in [1.807, 2.05) is 0 Å². The second kappa shape index (κ2) is 6.17. The lowest BCUT2D eigenvalue weighted by Crippen LogP contribution is -2.43. The van der Waals surface area contributed by atoms with Gasteiger partial charge in [0, 0.05) is 25.1 Å². The Bertz CT molecular complexity index is 226. The Morgan fingerprint density at radius 2 is 2.24 bits per heavy atom. The fourth-order valence-electron chi connectivity index (χ4n) is 3.27. The molecule has 3 nitrogen and oxygen atoms in total. The van der Waals surface area contributed by atoms with Crippen LogP contribution in [0, 0.1) is 11.3 Å². The van der Waals surface area contributed by atoms with Crippen LogP contribution in [0.1, 0.15) is 39.0 Å². The van der Waals surface area contributed by atoms with Gasteiger partial charge in [-0.05, 0) is 44.7 Å². The molecule has 2 rings (SSSR count). The molecule has 0 saturated carbocycles. The molecule has 2 aliphatic heterocycles. The largest absolute Gasteiger partial charge is 0.381 e. The van der Waals surface area contributed by atoms with E-state index in [1.54, 1.807) is 0 Å². The lowest BCUT2D eigenvalue weighted by molar-refractivity contribution is 0.115. The molecule has 2 saturated heterocycles. The molecule has 2 heterocycles. The van der Waals surface area contributed by atoms with Crippen LogP contribution in [0.15, 0.2) is 0 Å². The fraction of sp³-hybridized carbons (Fsp3) is 1.00. The van der Waals surface area contributed by atoms with Gasteiger partial charge in [0.25, 0.3) is 0 Å². The highest BCUT2D eigenvalue weighted by atomic mass is 16.5. The molecule has 2 aliphatic rings. The smallest absolute Gasteiger partial charge is 0.0547 e. The van der Waals surface area contributed by atoms with Crippen LogP contribution in [0.3, 0.4) is 0 Å². The first kappa shape index (κ1) is 13.3. The maximum absolute atomic E-state index is 5.97. The predicted molar refractivity (Wildman–Crippen MR) is 71.0 cm³/mol. The molecule has 0 aromatic carbocycles. The normalized spacial score (nSPS) is 36.0. The highest BCUT2D eigenvalue weighted by Crippen LogP contribution is 2.30. The van der Waals surface area contributed by atoms with E-state index in [9.17, 15) is 0 Å². The third kappa shape index (κ3) is 3.43. The molecule has 0 radical (unpaired) electrons. The Kier molecular flexibility index (Phi) is 4.83. The Labute approximate surface area is 106 Å². The Hall–Kier alpha value is -0.120. The van der Waals surface area contributed by atoms with Crippen molar-refractivity contribution in [1.29, 1.82) is 0 Å². The van der Waals surface area contributed by atoms with Crippen LogP contribution < -0.4 is 5.73 Å². The number of nitrogens with two attached hydrogens (primary N) is 1. The summed E-state index contributed by atoms with van der Waals surface area (Å²) in [5.74, 6) is 0.952. The maximum Gasteiger partial charge on any atom is 0.0547 e. The third-order valence-corrected chi connectivity index (χ3v) is 4.69. The summed E-state index contributed by atoms with van der Waals surface area (Å²) >= 11 is 0. The zero-order chi connectivity index (χ0) is 12.1. The van der Waals surface area contributed by atoms with Gasteiger partial charge in [0.05, 0.1) is 6.61 Å². The van der Waals surface area contributed by atoms with Crippen molar-refractivity contribution in [1.82, 2.24) is 4.90 Å². The summed E-state index contributed by atoms with van der Waals surface area (Å²) in [5.41, 5.74) is 6.23. The number of nitrogens with zero attached hydrogens (tertiary/aromatic N) is 1. The second-order valence-electron chi connectivity index (χ2n) is 5.99. The van der Waals surface area contributed by atoms with Crippen LogP contribution >= 0.6 is 0 Å². The monoisotopic (exact) mass is 240 g/mol. The molecule has 100 valence electrons. The summed E-state index contributed by atoms with van der Waals surface area (Å²) in [6.07, 6.45) is 6.65. The van der Waals surface area contributed by atoms with Crippen molar-refractivity contribution in [3.8, 4) is 0 Å². The molecule has 2 fully saturated rings. The summed E-state index contributed by atoms with van der Waals surface area (Å²) in [5, 5.41) is 0. The van der Waals surface area contributed by atoms with Gasteiger partial charge in [0.2, 0.25) is 0 Å². The molecule has 2 unspecified atom stereocenters. The lowest BCUT2D eigenvalue weighted by atomic mass is 9.86. The van der Waals surface area contributed by atoms with Gasteiger partial charge < -0.3 is 15.4 Å². The molecule has 0 aliphatic carbocycles. The van der Waals surface area contributed by atoms with Gasteiger partial charge in [-0.25, -0.2) is 0 Å². The van der Waals surface area contributed by atoms with Crippen molar-refractivity contribution in [2.45, 2.75) is 39.0 Å². The Morgan fingerprint density at radius 3 is 2.88 bits per heavy atom. The van der Waals surface area contributed by atoms with Gasteiger partial charge in [0.15, 0.2) is 0 Å². The first-order chi connectivity index (χ1) is 8.28. The van der Waals surface area contributed by atoms with Crippen LogP contribution in [0.25, 0.3) is 0 Å². The lowest BCUT2D eigenvalue weighted by Gasteiger charge is -2.32. The van der Waals surface area contributed by atoms with E-state index in [-0.39, 0.29) is 5.41 Å². The SMILES string of the molecule is CCC1CCCN(CC2(CN)CCOC2)CC1. The van der Waals surface area contributed by atoms with Gasteiger partial charge in [-0.2, -0.15) is 0 Å². The van der Waals surface area contributed by atoms with Crippen LogP contribution in [-0.4, -0.2) is 44.3 Å². The maximum atomic E-state index is 5.97. The van der Waals surface area contributed by atoms with Crippen molar-refractivity contribution in [2.75, 3.05) is 39.4 Å². The molecule has 0 aromatic heterocycles. The first-order valence-corrected chi connectivity index (χ1v) is 7.28. The van der Waals surface area contributed by atoms with Crippen molar-refractivity contribution in [3.05, 3.63) is 0 Å². The summed E-state index contributed by atoms with van der Waals surface area (Å²) in [6, 6.07) is 0. The van der Waals surface area contributed by atoms with Crippen molar-refractivity contribution in [3.63, 3.8) is 0 Å². The van der Waals surface area contributed by atoms with Gasteiger partial charge in [-0.15, -0.1) is 0 Å². The molecule has 0 amide bonds. The van der Waals surface area contributed by atoms with E-state index >= 15 is 0 Å². The van der Waals surface area contributed by atoms with Crippen LogP contribution in [0.5, 0.6) is 0 Å². The van der Waals surface area contributed by atoms with Crippen LogP contribution in [-0.2, 0) is 4.74 Å². The predicted octanol–water partition coefficient (Wildman–Crippen LogP) is 1.86. The Balaban J connectivity index is 1.85. The standard InChI is InChI=1S/C14H28N2O/c1-2-13-4-3-7-16(8-5-13)11-14(10-15)6-9-17-12-14/h13H,2-12,15H2,1H3. The quantitative estimate of drug-likeness (QED) is 0.815. The first-order valence-electron chi connectivity index (χ1n) is 7.28. The van der Waals surface area contributed by atoms with E-state index in [0.717, 1.165) is 38.6 Å². The highest BCUT2D eigenvalue weighted by molar-refractivity contribution is 4.88. The minimum atomic E-state index is 0.256. The number of ether oxygens (including phenoxy) is 1. The summed E-state index contributed by atoms with van der Waals surface area (Å²) in [7, 11) is 0. The summed E-state index contributed by atoms with van der Waals surface area (Å²) in [6.45, 7) is 8.56. The van der Waals surface area contributed by atoms with Gasteiger partial charge >= 0.3 is 0 Å². The number of likely N-dealkylation sites (tertiary alicyclic amines) is 1. The van der Waals surface area contributed by atoms with E-state index in [0.29, 0.717) is 0 Å². The van der Waals surface area contributed by atoms with Gasteiger partial charge in [-0.3, -0.25) is 0 Å². The zero-order valence-electron chi connectivity index (χ0n) is 11.3. The topological polar surface area (TPSA) is 38.5 Å². The Morgan fingerprint density at radius 1 is 1.35 bits per heavy atom. The molecule has 0 spiro atoms. The minimum absolute atomic E-state index is 0.256. The van der Waals surface area contributed by atoms with E-state index < -0.39 is 0 Å². The highest BCUT2D eigenvalue weighted by Gasteiger charge is 2.35. The van der Waals surface area contributed by atoms with Crippen molar-refractivity contribution >= 4 is 0 Å². The third-order valence-electron chi connectivity index (χ3n) is 4.69. The van der Waals surface area contributed by atoms with Crippen LogP contribution in [0.4, 0.5) is 0 Å². The molecular formula is C14H28N2O. The van der Waals surface area contributed by atoms with E-state index in [1.165, 1.54) is 38.8 Å². The number of hydrogen-bond donors (Lipinski definition) is 1. The van der Waals surface area contributed by atoms with E-state index in [4.69, 9.17) is 10.5 Å². The molecule has 17 heavy (non-hydrogen) atoms. The number of rotatable bonds is 4. The average molecular weight is 240 g/mol. The van der Waals surface area contributed by atoms with Gasteiger partial charge in [0.1, 0.15) is 0 Å². The summed E-state index contributed by atoms with van der Waals surface area (Å²) in [4.78, 5) is 2.64.